The molecule has 4 nitrogen and oxygen atoms in total. The van der Waals surface area contributed by atoms with Crippen molar-refractivity contribution in [2.75, 3.05) is 0 Å². The molecule has 0 atom stereocenters. The van der Waals surface area contributed by atoms with E-state index >= 15 is 0 Å². The Balaban J connectivity index is 1.56. The average molecular weight is 427 g/mol. The van der Waals surface area contributed by atoms with Crippen molar-refractivity contribution in [1.29, 1.82) is 0 Å². The highest BCUT2D eigenvalue weighted by molar-refractivity contribution is 9.10. The summed E-state index contributed by atoms with van der Waals surface area (Å²) < 4.78 is 3.32. The fraction of sp³-hybridized carbons (Fsp3) is 0.364. The molecule has 2 aromatic heterocycles. The van der Waals surface area contributed by atoms with Crippen LogP contribution in [0.2, 0.25) is 0 Å². The van der Waals surface area contributed by atoms with Gasteiger partial charge in [-0.25, -0.2) is 0 Å². The number of fused-ring (bicyclic) bond motifs is 1. The lowest BCUT2D eigenvalue weighted by Gasteiger charge is -2.17. The molecule has 27 heavy (non-hydrogen) atoms. The Bertz CT molecular complexity index is 996. The van der Waals surface area contributed by atoms with Gasteiger partial charge in [0.1, 0.15) is 0 Å². The first-order valence-corrected chi connectivity index (χ1v) is 10.1. The van der Waals surface area contributed by atoms with Crippen LogP contribution in [0.15, 0.2) is 47.2 Å². The van der Waals surface area contributed by atoms with E-state index in [1.54, 1.807) is 26.0 Å². The second-order valence-corrected chi connectivity index (χ2v) is 8.86. The third kappa shape index (κ3) is 3.99. The normalized spacial score (nSPS) is 14.7. The summed E-state index contributed by atoms with van der Waals surface area (Å²) in [4.78, 5) is 17.2. The smallest absolute Gasteiger partial charge is 0.168 e. The van der Waals surface area contributed by atoms with Gasteiger partial charge in [-0.05, 0) is 60.2 Å². The van der Waals surface area contributed by atoms with E-state index in [2.05, 4.69) is 31.7 Å². The lowest BCUT2D eigenvalue weighted by molar-refractivity contribution is 0.0784. The van der Waals surface area contributed by atoms with Gasteiger partial charge >= 0.3 is 0 Å². The quantitative estimate of drug-likeness (QED) is 0.572. The Morgan fingerprint density at radius 2 is 2.00 bits per heavy atom. The topological polar surface area (TPSA) is 55.1 Å². The van der Waals surface area contributed by atoms with Crippen LogP contribution >= 0.6 is 15.9 Å². The zero-order valence-corrected chi connectivity index (χ0v) is 17.2. The number of carbonyl (C=O) groups is 1. The number of nitrogens with zero attached hydrogens (tertiary/aromatic N) is 2. The number of benzene rings is 1. The van der Waals surface area contributed by atoms with Crippen LogP contribution in [-0.4, -0.2) is 20.4 Å². The molecule has 1 fully saturated rings. The van der Waals surface area contributed by atoms with Gasteiger partial charge in [0, 0.05) is 34.4 Å². The molecule has 4 rings (SSSR count). The molecular weight excluding hydrogens is 404 g/mol. The molecule has 5 heteroatoms. The fourth-order valence-electron chi connectivity index (χ4n) is 3.34. The van der Waals surface area contributed by atoms with E-state index in [4.69, 9.17) is 0 Å². The van der Waals surface area contributed by atoms with Crippen LogP contribution in [0.25, 0.3) is 10.9 Å². The number of ketones is 1. The summed E-state index contributed by atoms with van der Waals surface area (Å²) in [5, 5.41) is 11.1. The first-order valence-electron chi connectivity index (χ1n) is 9.30. The summed E-state index contributed by atoms with van der Waals surface area (Å²) in [7, 11) is 0. The minimum atomic E-state index is -0.908. The van der Waals surface area contributed by atoms with Crippen molar-refractivity contribution >= 4 is 32.6 Å². The maximum atomic E-state index is 12.7. The van der Waals surface area contributed by atoms with Crippen molar-refractivity contribution < 1.29 is 9.90 Å². The summed E-state index contributed by atoms with van der Waals surface area (Å²) in [6.45, 7) is 4.49. The van der Waals surface area contributed by atoms with Crippen molar-refractivity contribution in [1.82, 2.24) is 9.55 Å². The number of pyridine rings is 1. The molecule has 1 saturated carbocycles. The number of aliphatic hydroxyl groups is 1. The Morgan fingerprint density at radius 1 is 1.30 bits per heavy atom. The Morgan fingerprint density at radius 3 is 2.63 bits per heavy atom. The van der Waals surface area contributed by atoms with Crippen molar-refractivity contribution in [3.05, 3.63) is 64.0 Å². The van der Waals surface area contributed by atoms with Gasteiger partial charge in [-0.1, -0.05) is 24.3 Å². The van der Waals surface area contributed by atoms with Crippen molar-refractivity contribution in [2.24, 2.45) is 5.92 Å². The van der Waals surface area contributed by atoms with Crippen LogP contribution in [0.3, 0.4) is 0 Å². The van der Waals surface area contributed by atoms with E-state index in [9.17, 15) is 9.90 Å². The van der Waals surface area contributed by atoms with Gasteiger partial charge in [0.05, 0.1) is 23.2 Å². The number of carbonyl (C=O) groups excluding carboxylic acids is 1. The minimum Gasteiger partial charge on any atom is -0.386 e. The van der Waals surface area contributed by atoms with E-state index in [-0.39, 0.29) is 12.2 Å². The highest BCUT2D eigenvalue weighted by atomic mass is 79.9. The highest BCUT2D eigenvalue weighted by Gasteiger charge is 2.23. The van der Waals surface area contributed by atoms with E-state index in [1.165, 1.54) is 12.8 Å². The highest BCUT2D eigenvalue weighted by Crippen LogP contribution is 2.34. The molecule has 0 bridgehead atoms. The van der Waals surface area contributed by atoms with Gasteiger partial charge in [-0.15, -0.1) is 0 Å². The third-order valence-electron chi connectivity index (χ3n) is 5.18. The summed E-state index contributed by atoms with van der Waals surface area (Å²) in [5.41, 5.74) is 2.43. The molecule has 140 valence electrons. The molecule has 0 radical (unpaired) electrons. The molecule has 3 aromatic rings. The first kappa shape index (κ1) is 18.4. The number of hydrogen-bond donors (Lipinski definition) is 1. The predicted molar refractivity (Wildman–Crippen MR) is 110 cm³/mol. The lowest BCUT2D eigenvalue weighted by atomic mass is 9.96. The van der Waals surface area contributed by atoms with Crippen LogP contribution in [0.5, 0.6) is 0 Å². The Kier molecular flexibility index (Phi) is 4.68. The second-order valence-electron chi connectivity index (χ2n) is 8.00. The molecule has 1 aliphatic carbocycles. The minimum absolute atomic E-state index is 0.0310. The molecule has 0 aliphatic heterocycles. The Labute approximate surface area is 167 Å². The number of halogens is 1. The summed E-state index contributed by atoms with van der Waals surface area (Å²) in [5.74, 6) is 0.809. The van der Waals surface area contributed by atoms with Crippen LogP contribution in [0, 0.1) is 5.92 Å². The average Bonchev–Trinajstić information content (AvgIpc) is 3.39. The van der Waals surface area contributed by atoms with Gasteiger partial charge < -0.3 is 9.67 Å². The predicted octanol–water partition coefficient (Wildman–Crippen LogP) is 4.86. The number of hydrogen-bond acceptors (Lipinski definition) is 3. The zero-order valence-electron chi connectivity index (χ0n) is 15.6. The molecule has 0 amide bonds. The van der Waals surface area contributed by atoms with E-state index in [1.807, 2.05) is 24.4 Å². The molecule has 1 aromatic carbocycles. The number of rotatable bonds is 6. The number of Topliss-reactive ketones (excluding diaryl/α,β-unsaturated/α-hetero) is 1. The van der Waals surface area contributed by atoms with Crippen molar-refractivity contribution in [3.63, 3.8) is 0 Å². The van der Waals surface area contributed by atoms with Gasteiger partial charge in [-0.3, -0.25) is 9.78 Å². The van der Waals surface area contributed by atoms with Gasteiger partial charge in [0.15, 0.2) is 5.78 Å². The SMILES string of the molecule is CC(C)(O)c1ccc(C(=O)Cc2cc3c(cn2)c(Br)cn3CC2CC2)cc1. The van der Waals surface area contributed by atoms with Gasteiger partial charge in [-0.2, -0.15) is 0 Å². The maximum absolute atomic E-state index is 12.7. The van der Waals surface area contributed by atoms with E-state index in [0.717, 1.165) is 39.1 Å². The van der Waals surface area contributed by atoms with Crippen LogP contribution in [-0.2, 0) is 18.6 Å². The van der Waals surface area contributed by atoms with Crippen LogP contribution in [0.1, 0.15) is 48.3 Å². The van der Waals surface area contributed by atoms with Gasteiger partial charge in [0.2, 0.25) is 0 Å². The van der Waals surface area contributed by atoms with Crippen LogP contribution < -0.4 is 0 Å². The molecule has 1 N–H and O–H groups in total. The van der Waals surface area contributed by atoms with E-state index < -0.39 is 5.60 Å². The summed E-state index contributed by atoms with van der Waals surface area (Å²) >= 11 is 3.61. The molecule has 0 saturated heterocycles. The maximum Gasteiger partial charge on any atom is 0.168 e. The molecule has 2 heterocycles. The zero-order chi connectivity index (χ0) is 19.2. The van der Waals surface area contributed by atoms with E-state index in [0.29, 0.717) is 5.56 Å². The monoisotopic (exact) mass is 426 g/mol. The van der Waals surface area contributed by atoms with Crippen LogP contribution in [0.4, 0.5) is 0 Å². The molecular formula is C22H23BrN2O2. The largest absolute Gasteiger partial charge is 0.386 e. The lowest BCUT2D eigenvalue weighted by Crippen LogP contribution is -2.15. The summed E-state index contributed by atoms with van der Waals surface area (Å²) in [6.07, 6.45) is 6.83. The standard InChI is InChI=1S/C22H23BrN2O2/c1-22(2,27)16-7-5-15(6-8-16)21(26)10-17-9-20-18(11-24-17)19(23)13-25(20)12-14-3-4-14/h5-9,11,13-14,27H,3-4,10,12H2,1-2H3. The summed E-state index contributed by atoms with van der Waals surface area (Å²) in [6, 6.07) is 9.20. The van der Waals surface area contributed by atoms with Crippen molar-refractivity contribution in [2.45, 2.75) is 45.3 Å². The van der Waals surface area contributed by atoms with Gasteiger partial charge in [0.25, 0.3) is 0 Å². The third-order valence-corrected chi connectivity index (χ3v) is 5.81. The molecule has 0 spiro atoms. The molecule has 0 unspecified atom stereocenters. The van der Waals surface area contributed by atoms with Crippen molar-refractivity contribution in [3.8, 4) is 0 Å². The fourth-order valence-corrected chi connectivity index (χ4v) is 3.89. The molecule has 1 aliphatic rings. The number of aromatic nitrogens is 2. The second kappa shape index (κ2) is 6.88. The Hall–Kier alpha value is -1.98. The first-order chi connectivity index (χ1) is 12.8.